The van der Waals surface area contributed by atoms with Gasteiger partial charge in [0.15, 0.2) is 0 Å². The maximum absolute atomic E-state index is 13.8. The second-order valence-electron chi connectivity index (χ2n) is 9.46. The topological polar surface area (TPSA) is 23.6 Å². The molecule has 1 aliphatic rings. The van der Waals surface area contributed by atoms with Crippen LogP contribution in [0.1, 0.15) is 46.8 Å². The van der Waals surface area contributed by atoms with Gasteiger partial charge in [-0.1, -0.05) is 54.6 Å². The van der Waals surface area contributed by atoms with E-state index < -0.39 is 0 Å². The van der Waals surface area contributed by atoms with Crippen molar-refractivity contribution in [1.29, 1.82) is 0 Å². The molecular weight excluding hydrogens is 411 g/mol. The average molecular weight is 445 g/mol. The van der Waals surface area contributed by atoms with Crippen LogP contribution >= 0.6 is 0 Å². The number of amides is 1. The van der Waals surface area contributed by atoms with Gasteiger partial charge in [0.1, 0.15) is 5.82 Å². The lowest BCUT2D eigenvalue weighted by Crippen LogP contribution is -2.42. The van der Waals surface area contributed by atoms with Crippen molar-refractivity contribution < 1.29 is 9.18 Å². The lowest BCUT2D eigenvalue weighted by atomic mass is 9.86. The fourth-order valence-corrected chi connectivity index (χ4v) is 5.05. The largest absolute Gasteiger partial charge is 0.336 e. The first-order chi connectivity index (χ1) is 15.9. The summed E-state index contributed by atoms with van der Waals surface area (Å²) in [5.74, 6) is 0.509. The molecule has 1 saturated heterocycles. The van der Waals surface area contributed by atoms with Gasteiger partial charge < -0.3 is 4.90 Å². The van der Waals surface area contributed by atoms with Crippen LogP contribution in [-0.2, 0) is 6.54 Å². The van der Waals surface area contributed by atoms with Gasteiger partial charge in [0, 0.05) is 43.7 Å². The van der Waals surface area contributed by atoms with Gasteiger partial charge >= 0.3 is 0 Å². The van der Waals surface area contributed by atoms with Crippen LogP contribution in [0.4, 0.5) is 4.39 Å². The van der Waals surface area contributed by atoms with E-state index in [1.54, 1.807) is 12.1 Å². The Morgan fingerprint density at radius 3 is 2.42 bits per heavy atom. The van der Waals surface area contributed by atoms with Crippen LogP contribution in [0.25, 0.3) is 0 Å². The predicted octanol–water partition coefficient (Wildman–Crippen LogP) is 5.90. The molecule has 4 heteroatoms. The summed E-state index contributed by atoms with van der Waals surface area (Å²) in [7, 11) is 0. The number of hydrogen-bond acceptors (Lipinski definition) is 2. The Morgan fingerprint density at radius 2 is 1.73 bits per heavy atom. The zero-order valence-electron chi connectivity index (χ0n) is 19.7. The fourth-order valence-electron chi connectivity index (χ4n) is 5.05. The predicted molar refractivity (Wildman–Crippen MR) is 132 cm³/mol. The van der Waals surface area contributed by atoms with Gasteiger partial charge in [0.2, 0.25) is 0 Å². The van der Waals surface area contributed by atoms with Crippen LogP contribution in [0.3, 0.4) is 0 Å². The molecule has 1 fully saturated rings. The summed E-state index contributed by atoms with van der Waals surface area (Å²) in [6.45, 7) is 9.52. The second kappa shape index (κ2) is 10.3. The van der Waals surface area contributed by atoms with Crippen molar-refractivity contribution in [3.8, 4) is 0 Å². The van der Waals surface area contributed by atoms with Gasteiger partial charge in [-0.05, 0) is 67.6 Å². The third-order valence-electron chi connectivity index (χ3n) is 6.74. The van der Waals surface area contributed by atoms with Gasteiger partial charge in [0.25, 0.3) is 5.91 Å². The monoisotopic (exact) mass is 444 g/mol. The third-order valence-corrected chi connectivity index (χ3v) is 6.74. The highest BCUT2D eigenvalue weighted by Gasteiger charge is 2.37. The SMILES string of the molecule is Cc1ccccc1[C@H]1CN(Cc2cccc(F)c2)C[C@@H]1CN(C(=O)c1ccccc1)C(C)C. The van der Waals surface area contributed by atoms with Crippen LogP contribution in [0.5, 0.6) is 0 Å². The molecule has 0 bridgehead atoms. The molecule has 0 spiro atoms. The van der Waals surface area contributed by atoms with Gasteiger partial charge in [-0.2, -0.15) is 0 Å². The summed E-state index contributed by atoms with van der Waals surface area (Å²) in [5.41, 5.74) is 4.35. The summed E-state index contributed by atoms with van der Waals surface area (Å²) in [6.07, 6.45) is 0. The molecule has 2 atom stereocenters. The fraction of sp³-hybridized carbons (Fsp3) is 0.345. The number of hydrogen-bond donors (Lipinski definition) is 0. The van der Waals surface area contributed by atoms with Crippen molar-refractivity contribution in [3.63, 3.8) is 0 Å². The highest BCUT2D eigenvalue weighted by molar-refractivity contribution is 5.94. The molecule has 4 rings (SSSR count). The zero-order valence-corrected chi connectivity index (χ0v) is 19.7. The van der Waals surface area contributed by atoms with E-state index in [-0.39, 0.29) is 17.8 Å². The number of carbonyl (C=O) groups is 1. The number of aryl methyl sites for hydroxylation is 1. The Balaban J connectivity index is 1.59. The Labute approximate surface area is 196 Å². The van der Waals surface area contributed by atoms with Crippen LogP contribution < -0.4 is 0 Å². The van der Waals surface area contributed by atoms with Crippen LogP contribution in [0, 0.1) is 18.7 Å². The molecule has 172 valence electrons. The number of likely N-dealkylation sites (tertiary alicyclic amines) is 1. The van der Waals surface area contributed by atoms with E-state index in [4.69, 9.17) is 0 Å². The second-order valence-corrected chi connectivity index (χ2v) is 9.46. The van der Waals surface area contributed by atoms with E-state index in [1.165, 1.54) is 17.2 Å². The van der Waals surface area contributed by atoms with Crippen molar-refractivity contribution in [2.24, 2.45) is 5.92 Å². The lowest BCUT2D eigenvalue weighted by Gasteiger charge is -2.32. The number of halogens is 1. The van der Waals surface area contributed by atoms with Crippen molar-refractivity contribution >= 4 is 5.91 Å². The van der Waals surface area contributed by atoms with Crippen molar-refractivity contribution in [3.05, 3.63) is 107 Å². The molecular formula is C29H33FN2O. The Hall–Kier alpha value is -2.98. The molecule has 0 N–H and O–H groups in total. The number of carbonyl (C=O) groups excluding carboxylic acids is 1. The van der Waals surface area contributed by atoms with Crippen molar-refractivity contribution in [1.82, 2.24) is 9.80 Å². The normalized spacial score (nSPS) is 18.6. The van der Waals surface area contributed by atoms with E-state index in [0.29, 0.717) is 24.9 Å². The Morgan fingerprint density at radius 1 is 1.00 bits per heavy atom. The van der Waals surface area contributed by atoms with E-state index in [2.05, 4.69) is 49.9 Å². The van der Waals surface area contributed by atoms with Crippen molar-refractivity contribution in [2.75, 3.05) is 19.6 Å². The molecule has 0 saturated carbocycles. The minimum absolute atomic E-state index is 0.0812. The summed E-state index contributed by atoms with van der Waals surface area (Å²) in [4.78, 5) is 17.8. The minimum atomic E-state index is -0.196. The molecule has 3 aromatic rings. The smallest absolute Gasteiger partial charge is 0.254 e. The molecule has 3 nitrogen and oxygen atoms in total. The quantitative estimate of drug-likeness (QED) is 0.453. The molecule has 1 heterocycles. The standard InChI is InChI=1S/C29H33FN2O/c1-21(2)32(29(33)24-12-5-4-6-13-24)19-25-18-31(17-23-11-9-14-26(30)16-23)20-28(25)27-15-8-7-10-22(27)3/h4-16,21,25,28H,17-20H2,1-3H3/t25-,28+/m1/s1. The molecule has 0 aliphatic carbocycles. The minimum Gasteiger partial charge on any atom is -0.336 e. The molecule has 0 unspecified atom stereocenters. The summed E-state index contributed by atoms with van der Waals surface area (Å²) < 4.78 is 13.8. The van der Waals surface area contributed by atoms with Gasteiger partial charge in [0.05, 0.1) is 0 Å². The molecule has 33 heavy (non-hydrogen) atoms. The summed E-state index contributed by atoms with van der Waals surface area (Å²) in [6, 6.07) is 25.1. The molecule has 0 aromatic heterocycles. The molecule has 1 aliphatic heterocycles. The first kappa shape index (κ1) is 23.2. The molecule has 0 radical (unpaired) electrons. The van der Waals surface area contributed by atoms with E-state index in [0.717, 1.165) is 24.2 Å². The average Bonchev–Trinajstić information content (AvgIpc) is 3.19. The van der Waals surface area contributed by atoms with Crippen LogP contribution in [0.2, 0.25) is 0 Å². The number of benzene rings is 3. The van der Waals surface area contributed by atoms with Crippen LogP contribution in [-0.4, -0.2) is 41.4 Å². The Kier molecular flexibility index (Phi) is 7.24. The summed E-state index contributed by atoms with van der Waals surface area (Å²) >= 11 is 0. The highest BCUT2D eigenvalue weighted by Crippen LogP contribution is 2.36. The lowest BCUT2D eigenvalue weighted by molar-refractivity contribution is 0.0668. The van der Waals surface area contributed by atoms with E-state index in [9.17, 15) is 9.18 Å². The van der Waals surface area contributed by atoms with Crippen molar-refractivity contribution in [2.45, 2.75) is 39.3 Å². The van der Waals surface area contributed by atoms with E-state index in [1.807, 2.05) is 41.3 Å². The number of nitrogens with zero attached hydrogens (tertiary/aromatic N) is 2. The summed E-state index contributed by atoms with van der Waals surface area (Å²) in [5, 5.41) is 0. The zero-order chi connectivity index (χ0) is 23.4. The molecule has 3 aromatic carbocycles. The Bertz CT molecular complexity index is 1080. The van der Waals surface area contributed by atoms with Gasteiger partial charge in [-0.15, -0.1) is 0 Å². The van der Waals surface area contributed by atoms with Gasteiger partial charge in [-0.3, -0.25) is 9.69 Å². The first-order valence-corrected chi connectivity index (χ1v) is 11.8. The maximum Gasteiger partial charge on any atom is 0.254 e. The highest BCUT2D eigenvalue weighted by atomic mass is 19.1. The van der Waals surface area contributed by atoms with Crippen LogP contribution in [0.15, 0.2) is 78.9 Å². The van der Waals surface area contributed by atoms with E-state index >= 15 is 0 Å². The maximum atomic E-state index is 13.8. The van der Waals surface area contributed by atoms with Gasteiger partial charge in [-0.25, -0.2) is 4.39 Å². The third kappa shape index (κ3) is 5.51. The molecule has 1 amide bonds. The number of rotatable bonds is 7. The first-order valence-electron chi connectivity index (χ1n) is 11.8.